The quantitative estimate of drug-likeness (QED) is 0.874. The summed E-state index contributed by atoms with van der Waals surface area (Å²) in [7, 11) is 0. The third-order valence-electron chi connectivity index (χ3n) is 3.52. The smallest absolute Gasteiger partial charge is 0.254 e. The number of likely N-dealkylation sites (tertiary alicyclic amines) is 1. The summed E-state index contributed by atoms with van der Waals surface area (Å²) in [6, 6.07) is 4.40. The first kappa shape index (κ1) is 13.0. The Morgan fingerprint density at radius 3 is 2.94 bits per heavy atom. The number of piperidine rings is 1. The van der Waals surface area contributed by atoms with Gasteiger partial charge in [-0.15, -0.1) is 0 Å². The summed E-state index contributed by atoms with van der Waals surface area (Å²) in [5.74, 6) is -0.550. The molecule has 1 aromatic rings. The van der Waals surface area contributed by atoms with E-state index in [1.165, 1.54) is 6.07 Å². The van der Waals surface area contributed by atoms with Gasteiger partial charge in [0.1, 0.15) is 5.82 Å². The molecule has 0 aliphatic carbocycles. The Morgan fingerprint density at radius 2 is 2.28 bits per heavy atom. The number of hydrogen-bond acceptors (Lipinski definition) is 2. The lowest BCUT2D eigenvalue weighted by Gasteiger charge is -2.34. The van der Waals surface area contributed by atoms with Crippen molar-refractivity contribution in [1.82, 2.24) is 4.90 Å². The standard InChI is InChI=1S/C14H18FNO2/c1-10-5-6-11(8-13(10)15)14(18)16-7-3-2-4-12(16)9-17/h5-6,8,12,17H,2-4,7,9H2,1H3. The second-order valence-electron chi connectivity index (χ2n) is 4.79. The molecular weight excluding hydrogens is 233 g/mol. The van der Waals surface area contributed by atoms with Gasteiger partial charge in [-0.25, -0.2) is 4.39 Å². The Hall–Kier alpha value is -1.42. The van der Waals surface area contributed by atoms with Crippen molar-refractivity contribution >= 4 is 5.91 Å². The Labute approximate surface area is 106 Å². The summed E-state index contributed by atoms with van der Waals surface area (Å²) >= 11 is 0. The number of aliphatic hydroxyl groups is 1. The highest BCUT2D eigenvalue weighted by molar-refractivity contribution is 5.94. The number of benzene rings is 1. The molecule has 1 unspecified atom stereocenters. The summed E-state index contributed by atoms with van der Waals surface area (Å²) in [6.45, 7) is 2.28. The van der Waals surface area contributed by atoms with Crippen LogP contribution in [-0.4, -0.2) is 35.1 Å². The van der Waals surface area contributed by atoms with Gasteiger partial charge in [-0.1, -0.05) is 6.07 Å². The van der Waals surface area contributed by atoms with Crippen LogP contribution < -0.4 is 0 Å². The molecule has 1 fully saturated rings. The molecule has 0 aromatic heterocycles. The zero-order chi connectivity index (χ0) is 13.1. The van der Waals surface area contributed by atoms with E-state index in [1.807, 2.05) is 0 Å². The van der Waals surface area contributed by atoms with Crippen LogP contribution in [0.4, 0.5) is 4.39 Å². The molecule has 0 spiro atoms. The maximum absolute atomic E-state index is 13.5. The first-order valence-corrected chi connectivity index (χ1v) is 6.31. The number of halogens is 1. The van der Waals surface area contributed by atoms with E-state index in [0.717, 1.165) is 19.3 Å². The highest BCUT2D eigenvalue weighted by Crippen LogP contribution is 2.20. The number of hydrogen-bond donors (Lipinski definition) is 1. The monoisotopic (exact) mass is 251 g/mol. The van der Waals surface area contributed by atoms with Gasteiger partial charge in [-0.3, -0.25) is 4.79 Å². The summed E-state index contributed by atoms with van der Waals surface area (Å²) < 4.78 is 13.5. The van der Waals surface area contributed by atoms with E-state index >= 15 is 0 Å². The number of amides is 1. The van der Waals surface area contributed by atoms with Crippen LogP contribution >= 0.6 is 0 Å². The van der Waals surface area contributed by atoms with E-state index in [1.54, 1.807) is 24.0 Å². The van der Waals surface area contributed by atoms with Crippen LogP contribution in [0.25, 0.3) is 0 Å². The van der Waals surface area contributed by atoms with E-state index in [2.05, 4.69) is 0 Å². The predicted octanol–water partition coefficient (Wildman–Crippen LogP) is 2.12. The van der Waals surface area contributed by atoms with Crippen LogP contribution in [0.2, 0.25) is 0 Å². The summed E-state index contributed by atoms with van der Waals surface area (Å²) in [4.78, 5) is 13.9. The van der Waals surface area contributed by atoms with Gasteiger partial charge in [0.2, 0.25) is 0 Å². The fourth-order valence-corrected chi connectivity index (χ4v) is 2.35. The highest BCUT2D eigenvalue weighted by atomic mass is 19.1. The molecule has 0 bridgehead atoms. The number of rotatable bonds is 2. The molecule has 0 radical (unpaired) electrons. The van der Waals surface area contributed by atoms with Gasteiger partial charge in [0.05, 0.1) is 12.6 Å². The minimum atomic E-state index is -0.363. The maximum atomic E-state index is 13.5. The second-order valence-corrected chi connectivity index (χ2v) is 4.79. The lowest BCUT2D eigenvalue weighted by Crippen LogP contribution is -2.45. The molecular formula is C14H18FNO2. The van der Waals surface area contributed by atoms with Crippen LogP contribution in [0.1, 0.15) is 35.2 Å². The molecule has 1 saturated heterocycles. The van der Waals surface area contributed by atoms with Crippen LogP contribution in [0, 0.1) is 12.7 Å². The predicted molar refractivity (Wildman–Crippen MR) is 66.9 cm³/mol. The number of aryl methyl sites for hydroxylation is 1. The van der Waals surface area contributed by atoms with Gasteiger partial charge in [0, 0.05) is 12.1 Å². The summed E-state index contributed by atoms with van der Waals surface area (Å²) in [5, 5.41) is 9.29. The van der Waals surface area contributed by atoms with Crippen LogP contribution in [0.3, 0.4) is 0 Å². The van der Waals surface area contributed by atoms with Crippen LogP contribution in [0.15, 0.2) is 18.2 Å². The number of nitrogens with zero attached hydrogens (tertiary/aromatic N) is 1. The van der Waals surface area contributed by atoms with Gasteiger partial charge in [-0.05, 0) is 43.9 Å². The normalized spacial score (nSPS) is 19.9. The van der Waals surface area contributed by atoms with E-state index in [9.17, 15) is 14.3 Å². The highest BCUT2D eigenvalue weighted by Gasteiger charge is 2.27. The van der Waals surface area contributed by atoms with E-state index < -0.39 is 0 Å². The fraction of sp³-hybridized carbons (Fsp3) is 0.500. The molecule has 1 amide bonds. The van der Waals surface area contributed by atoms with Crippen molar-refractivity contribution in [2.45, 2.75) is 32.2 Å². The summed E-state index contributed by atoms with van der Waals surface area (Å²) in [5.41, 5.74) is 0.891. The molecule has 4 heteroatoms. The van der Waals surface area contributed by atoms with Crippen LogP contribution in [0.5, 0.6) is 0 Å². The molecule has 1 aliphatic rings. The molecule has 3 nitrogen and oxygen atoms in total. The molecule has 0 saturated carbocycles. The molecule has 1 aromatic carbocycles. The SMILES string of the molecule is Cc1ccc(C(=O)N2CCCCC2CO)cc1F. The largest absolute Gasteiger partial charge is 0.394 e. The van der Waals surface area contributed by atoms with Crippen molar-refractivity contribution in [2.24, 2.45) is 0 Å². The van der Waals surface area contributed by atoms with Crippen molar-refractivity contribution in [3.05, 3.63) is 35.1 Å². The van der Waals surface area contributed by atoms with E-state index in [0.29, 0.717) is 17.7 Å². The van der Waals surface area contributed by atoms with Gasteiger partial charge in [0.25, 0.3) is 5.91 Å². The maximum Gasteiger partial charge on any atom is 0.254 e. The lowest BCUT2D eigenvalue weighted by molar-refractivity contribution is 0.0502. The van der Waals surface area contributed by atoms with Crippen LogP contribution in [-0.2, 0) is 0 Å². The lowest BCUT2D eigenvalue weighted by atomic mass is 10.0. The summed E-state index contributed by atoms with van der Waals surface area (Å²) in [6.07, 6.45) is 2.78. The van der Waals surface area contributed by atoms with Crippen molar-refractivity contribution < 1.29 is 14.3 Å². The number of carbonyl (C=O) groups excluding carboxylic acids is 1. The van der Waals surface area contributed by atoms with Gasteiger partial charge in [0.15, 0.2) is 0 Å². The Kier molecular flexibility index (Phi) is 3.97. The van der Waals surface area contributed by atoms with E-state index in [4.69, 9.17) is 0 Å². The molecule has 1 aliphatic heterocycles. The van der Waals surface area contributed by atoms with Gasteiger partial charge < -0.3 is 10.0 Å². The first-order valence-electron chi connectivity index (χ1n) is 6.31. The minimum absolute atomic E-state index is 0.0277. The molecule has 98 valence electrons. The Balaban J connectivity index is 2.21. The number of aliphatic hydroxyl groups excluding tert-OH is 1. The first-order chi connectivity index (χ1) is 8.63. The Bertz CT molecular complexity index is 447. The zero-order valence-corrected chi connectivity index (χ0v) is 10.5. The van der Waals surface area contributed by atoms with Gasteiger partial charge in [-0.2, -0.15) is 0 Å². The number of carbonyl (C=O) groups is 1. The molecule has 2 rings (SSSR count). The fourth-order valence-electron chi connectivity index (χ4n) is 2.35. The second kappa shape index (κ2) is 5.48. The molecule has 1 heterocycles. The van der Waals surface area contributed by atoms with Crippen molar-refractivity contribution in [3.8, 4) is 0 Å². The Morgan fingerprint density at radius 1 is 1.50 bits per heavy atom. The average molecular weight is 251 g/mol. The molecule has 1 N–H and O–H groups in total. The zero-order valence-electron chi connectivity index (χ0n) is 10.5. The minimum Gasteiger partial charge on any atom is -0.394 e. The average Bonchev–Trinajstić information content (AvgIpc) is 2.41. The topological polar surface area (TPSA) is 40.5 Å². The van der Waals surface area contributed by atoms with E-state index in [-0.39, 0.29) is 24.4 Å². The molecule has 1 atom stereocenters. The third kappa shape index (κ3) is 2.53. The van der Waals surface area contributed by atoms with Crippen molar-refractivity contribution in [3.63, 3.8) is 0 Å². The third-order valence-corrected chi connectivity index (χ3v) is 3.52. The molecule has 18 heavy (non-hydrogen) atoms. The van der Waals surface area contributed by atoms with Crippen molar-refractivity contribution in [1.29, 1.82) is 0 Å². The van der Waals surface area contributed by atoms with Crippen molar-refractivity contribution in [2.75, 3.05) is 13.2 Å². The van der Waals surface area contributed by atoms with Gasteiger partial charge >= 0.3 is 0 Å².